The normalized spacial score (nSPS) is 22.2. The lowest BCUT2D eigenvalue weighted by molar-refractivity contribution is -0.386. The van der Waals surface area contributed by atoms with Gasteiger partial charge in [0.1, 0.15) is 12.7 Å². The molecule has 1 aromatic carbocycles. The zero-order valence-electron chi connectivity index (χ0n) is 10.2. The van der Waals surface area contributed by atoms with E-state index in [9.17, 15) is 27.5 Å². The summed E-state index contributed by atoms with van der Waals surface area (Å²) >= 11 is -1.90. The van der Waals surface area contributed by atoms with Crippen molar-refractivity contribution in [3.63, 3.8) is 0 Å². The molecule has 0 amide bonds. The fourth-order valence-electron chi connectivity index (χ4n) is 1.52. The van der Waals surface area contributed by atoms with E-state index in [0.717, 1.165) is 6.07 Å². The predicted octanol–water partition coefficient (Wildman–Crippen LogP) is 1.99. The third-order valence-corrected chi connectivity index (χ3v) is 3.23. The van der Waals surface area contributed by atoms with E-state index in [0.29, 0.717) is 12.1 Å². The summed E-state index contributed by atoms with van der Waals surface area (Å²) in [5.74, 6) is -0.339. The topological polar surface area (TPSA) is 87.9 Å². The molecule has 7 nitrogen and oxygen atoms in total. The van der Waals surface area contributed by atoms with Crippen LogP contribution in [0.1, 0.15) is 5.56 Å². The number of nitro benzene ring substituents is 1. The number of nitrogens with zero attached hydrogens (tertiary/aromatic N) is 1. The number of rotatable bonds is 4. The van der Waals surface area contributed by atoms with Crippen LogP contribution < -0.4 is 4.74 Å². The standard InChI is InChI=1S/C10H8F3NO6S/c11-10(12,13)6-1-2-9(8(3-6)14(15)16)18-4-7-5-19-21(17)20-7/h1-3,7H,4-5H2. The molecule has 2 unspecified atom stereocenters. The number of hydrogen-bond acceptors (Lipinski definition) is 6. The van der Waals surface area contributed by atoms with Gasteiger partial charge < -0.3 is 4.74 Å². The van der Waals surface area contributed by atoms with Crippen LogP contribution in [0.4, 0.5) is 18.9 Å². The summed E-state index contributed by atoms with van der Waals surface area (Å²) in [6, 6.07) is 1.92. The Bertz CT molecular complexity index is 578. The second-order valence-corrected chi connectivity index (χ2v) is 4.79. The quantitative estimate of drug-likeness (QED) is 0.621. The van der Waals surface area contributed by atoms with E-state index in [2.05, 4.69) is 4.18 Å². The zero-order chi connectivity index (χ0) is 15.6. The van der Waals surface area contributed by atoms with Gasteiger partial charge in [-0.3, -0.25) is 18.5 Å². The lowest BCUT2D eigenvalue weighted by Gasteiger charge is -2.11. The Morgan fingerprint density at radius 3 is 2.71 bits per heavy atom. The third kappa shape index (κ3) is 3.89. The van der Waals surface area contributed by atoms with Gasteiger partial charge in [0.25, 0.3) is 0 Å². The molecular formula is C10H8F3NO6S. The van der Waals surface area contributed by atoms with Crippen molar-refractivity contribution in [3.05, 3.63) is 33.9 Å². The molecule has 0 aromatic heterocycles. The molecule has 116 valence electrons. The average molecular weight is 327 g/mol. The van der Waals surface area contributed by atoms with Gasteiger partial charge in [-0.05, 0) is 12.1 Å². The summed E-state index contributed by atoms with van der Waals surface area (Å²) in [7, 11) is 0. The van der Waals surface area contributed by atoms with Gasteiger partial charge in [-0.15, -0.1) is 0 Å². The van der Waals surface area contributed by atoms with Gasteiger partial charge in [0.2, 0.25) is 0 Å². The third-order valence-electron chi connectivity index (χ3n) is 2.47. The molecule has 2 rings (SSSR count). The Morgan fingerprint density at radius 1 is 1.48 bits per heavy atom. The molecule has 2 atom stereocenters. The molecule has 11 heteroatoms. The monoisotopic (exact) mass is 327 g/mol. The first kappa shape index (κ1) is 15.7. The number of hydrogen-bond donors (Lipinski definition) is 0. The fraction of sp³-hybridized carbons (Fsp3) is 0.400. The van der Waals surface area contributed by atoms with Gasteiger partial charge in [-0.1, -0.05) is 0 Å². The van der Waals surface area contributed by atoms with E-state index < -0.39 is 39.8 Å². The summed E-state index contributed by atoms with van der Waals surface area (Å²) in [6.45, 7) is -0.279. The molecule has 0 radical (unpaired) electrons. The van der Waals surface area contributed by atoms with Crippen molar-refractivity contribution in [2.45, 2.75) is 12.3 Å². The van der Waals surface area contributed by atoms with Crippen molar-refractivity contribution in [2.24, 2.45) is 0 Å². The SMILES string of the molecule is O=[N+]([O-])c1cc(C(F)(F)F)ccc1OCC1COS(=O)O1. The maximum absolute atomic E-state index is 12.5. The maximum atomic E-state index is 12.5. The molecule has 1 aliphatic heterocycles. The first-order valence-corrected chi connectivity index (χ1v) is 6.48. The lowest BCUT2D eigenvalue weighted by atomic mass is 10.2. The molecule has 21 heavy (non-hydrogen) atoms. The van der Waals surface area contributed by atoms with Crippen molar-refractivity contribution < 1.29 is 35.4 Å². The van der Waals surface area contributed by atoms with Crippen LogP contribution in [0, 0.1) is 10.1 Å². The molecule has 0 bridgehead atoms. The minimum absolute atomic E-state index is 0.0406. The van der Waals surface area contributed by atoms with Gasteiger partial charge >= 0.3 is 23.2 Å². The van der Waals surface area contributed by atoms with E-state index >= 15 is 0 Å². The van der Waals surface area contributed by atoms with Crippen LogP contribution >= 0.6 is 0 Å². The van der Waals surface area contributed by atoms with E-state index in [1.54, 1.807) is 0 Å². The van der Waals surface area contributed by atoms with Gasteiger partial charge in [0.05, 0.1) is 17.1 Å². The van der Waals surface area contributed by atoms with Crippen LogP contribution in [0.15, 0.2) is 18.2 Å². The summed E-state index contributed by atoms with van der Waals surface area (Å²) in [6.07, 6.45) is -5.41. The molecule has 1 aliphatic rings. The highest BCUT2D eigenvalue weighted by molar-refractivity contribution is 7.75. The van der Waals surface area contributed by atoms with Gasteiger partial charge in [0, 0.05) is 6.07 Å². The second kappa shape index (κ2) is 5.95. The Balaban J connectivity index is 2.15. The molecule has 0 N–H and O–H groups in total. The van der Waals surface area contributed by atoms with E-state index in [-0.39, 0.29) is 19.0 Å². The smallest absolute Gasteiger partial charge is 0.416 e. The fourth-order valence-corrected chi connectivity index (χ4v) is 2.17. The summed E-state index contributed by atoms with van der Waals surface area (Å²) in [5, 5.41) is 10.8. The molecule has 1 fully saturated rings. The largest absolute Gasteiger partial charge is 0.484 e. The zero-order valence-corrected chi connectivity index (χ0v) is 11.0. The van der Waals surface area contributed by atoms with Crippen LogP contribution in [0.5, 0.6) is 5.75 Å². The minimum Gasteiger partial charge on any atom is -0.484 e. The molecule has 0 aliphatic carbocycles. The number of benzene rings is 1. The Hall–Kier alpha value is -1.72. The van der Waals surface area contributed by atoms with Crippen LogP contribution in [0.3, 0.4) is 0 Å². The highest BCUT2D eigenvalue weighted by Crippen LogP contribution is 2.36. The molecule has 1 heterocycles. The highest BCUT2D eigenvalue weighted by Gasteiger charge is 2.33. The van der Waals surface area contributed by atoms with Crippen molar-refractivity contribution >= 4 is 17.0 Å². The Labute approximate surface area is 118 Å². The maximum Gasteiger partial charge on any atom is 0.416 e. The van der Waals surface area contributed by atoms with Crippen LogP contribution in [0.2, 0.25) is 0 Å². The van der Waals surface area contributed by atoms with Gasteiger partial charge in [-0.25, -0.2) is 0 Å². The molecule has 1 aromatic rings. The first-order valence-electron chi connectivity index (χ1n) is 5.48. The van der Waals surface area contributed by atoms with Crippen LogP contribution in [0.25, 0.3) is 0 Å². The highest BCUT2D eigenvalue weighted by atomic mass is 32.2. The molecular weight excluding hydrogens is 319 g/mol. The van der Waals surface area contributed by atoms with Crippen molar-refractivity contribution in [1.82, 2.24) is 0 Å². The number of alkyl halides is 3. The Morgan fingerprint density at radius 2 is 2.19 bits per heavy atom. The van der Waals surface area contributed by atoms with Crippen molar-refractivity contribution in [1.29, 1.82) is 0 Å². The van der Waals surface area contributed by atoms with Crippen LogP contribution in [-0.2, 0) is 25.9 Å². The lowest BCUT2D eigenvalue weighted by Crippen LogP contribution is -2.20. The summed E-state index contributed by atoms with van der Waals surface area (Å²) < 4.78 is 62.7. The van der Waals surface area contributed by atoms with E-state index in [1.165, 1.54) is 0 Å². The van der Waals surface area contributed by atoms with Gasteiger partial charge in [-0.2, -0.15) is 17.4 Å². The summed E-state index contributed by atoms with van der Waals surface area (Å²) in [5.41, 5.74) is -1.96. The van der Waals surface area contributed by atoms with Crippen molar-refractivity contribution in [2.75, 3.05) is 13.2 Å². The number of halogens is 3. The van der Waals surface area contributed by atoms with Gasteiger partial charge in [0.15, 0.2) is 5.75 Å². The first-order chi connectivity index (χ1) is 9.77. The van der Waals surface area contributed by atoms with Crippen LogP contribution in [-0.4, -0.2) is 28.4 Å². The van der Waals surface area contributed by atoms with E-state index in [1.807, 2.05) is 0 Å². The molecule has 0 saturated carbocycles. The van der Waals surface area contributed by atoms with Crippen molar-refractivity contribution in [3.8, 4) is 5.75 Å². The molecule has 1 saturated heterocycles. The molecule has 0 spiro atoms. The Kier molecular flexibility index (Phi) is 4.44. The summed E-state index contributed by atoms with van der Waals surface area (Å²) in [4.78, 5) is 9.83. The number of nitro groups is 1. The number of ether oxygens (including phenoxy) is 1. The predicted molar refractivity (Wildman–Crippen MR) is 62.6 cm³/mol. The average Bonchev–Trinajstić information content (AvgIpc) is 2.80. The minimum atomic E-state index is -4.69. The van der Waals surface area contributed by atoms with E-state index in [4.69, 9.17) is 8.92 Å². The second-order valence-electron chi connectivity index (χ2n) is 3.96.